The molecule has 0 bridgehead atoms. The first-order chi connectivity index (χ1) is 36.5. The number of aromatic nitrogens is 2. The number of hydrogen-bond acceptors (Lipinski definition) is 0. The van der Waals surface area contributed by atoms with Crippen LogP contribution in [0.1, 0.15) is 44.5 Å². The predicted octanol–water partition coefficient (Wildman–Crippen LogP) is 17.8. The number of rotatable bonds is 5. The third kappa shape index (κ3) is 6.04. The fourth-order valence-corrected chi connectivity index (χ4v) is 14.3. The Bertz CT molecular complexity index is 4650. The predicted molar refractivity (Wildman–Crippen MR) is 322 cm³/mol. The Morgan fingerprint density at radius 1 is 0.320 bits per heavy atom. The van der Waals surface area contributed by atoms with E-state index in [-0.39, 0.29) is 6.85 Å². The van der Waals surface area contributed by atoms with Crippen LogP contribution in [0.5, 0.6) is 0 Å². The van der Waals surface area contributed by atoms with Crippen LogP contribution in [0.15, 0.2) is 188 Å². The van der Waals surface area contributed by atoms with Crippen LogP contribution in [-0.2, 0) is 0 Å². The van der Waals surface area contributed by atoms with Gasteiger partial charge in [-0.3, -0.25) is 0 Å². The van der Waals surface area contributed by atoms with E-state index in [4.69, 9.17) is 0 Å². The summed E-state index contributed by atoms with van der Waals surface area (Å²) in [5.74, 6) is 0. The number of hydrogen-bond donors (Lipinski definition) is 0. The van der Waals surface area contributed by atoms with Crippen LogP contribution in [0.4, 0.5) is 0 Å². The zero-order valence-corrected chi connectivity index (χ0v) is 43.9. The van der Waals surface area contributed by atoms with Gasteiger partial charge in [0.25, 0.3) is 0 Å². The molecule has 0 radical (unpaired) electrons. The average molecular weight is 959 g/mol. The van der Waals surface area contributed by atoms with Crippen molar-refractivity contribution in [1.82, 2.24) is 9.05 Å². The zero-order valence-electron chi connectivity index (χ0n) is 43.9. The van der Waals surface area contributed by atoms with E-state index in [9.17, 15) is 0 Å². The van der Waals surface area contributed by atoms with Gasteiger partial charge in [0.2, 0.25) is 0 Å². The van der Waals surface area contributed by atoms with Crippen LogP contribution in [0.2, 0.25) is 0 Å². The molecule has 0 N–H and O–H groups in total. The van der Waals surface area contributed by atoms with E-state index in [0.717, 1.165) is 0 Å². The molecule has 11 aromatic carbocycles. The molecule has 0 unspecified atom stereocenters. The Kier molecular flexibility index (Phi) is 9.32. The summed E-state index contributed by atoms with van der Waals surface area (Å²) in [7, 11) is 0. The highest BCUT2D eigenvalue weighted by Gasteiger charge is 2.44. The van der Waals surface area contributed by atoms with Gasteiger partial charge < -0.3 is 9.05 Å². The van der Waals surface area contributed by atoms with E-state index in [2.05, 4.69) is 252 Å². The van der Waals surface area contributed by atoms with Crippen molar-refractivity contribution in [3.8, 4) is 72.4 Å². The third-order valence-corrected chi connectivity index (χ3v) is 17.6. The molecule has 13 aromatic rings. The van der Waals surface area contributed by atoms with Crippen LogP contribution >= 0.6 is 0 Å². The molecule has 2 aliphatic rings. The Labute approximate surface area is 439 Å². The molecular weight excluding hydrogens is 904 g/mol. The molecule has 0 spiro atoms. The van der Waals surface area contributed by atoms with Crippen molar-refractivity contribution in [2.45, 2.75) is 55.4 Å². The highest BCUT2D eigenvalue weighted by atomic mass is 15.0. The van der Waals surface area contributed by atoms with Crippen LogP contribution in [0.3, 0.4) is 0 Å². The lowest BCUT2D eigenvalue weighted by atomic mass is 9.45. The highest BCUT2D eigenvalue weighted by Crippen LogP contribution is 2.51. The van der Waals surface area contributed by atoms with Gasteiger partial charge in [-0.15, -0.1) is 0 Å². The maximum Gasteiger partial charge on any atom is 0.333 e. The first kappa shape index (κ1) is 43.9. The van der Waals surface area contributed by atoms with Gasteiger partial charge in [-0.1, -0.05) is 146 Å². The van der Waals surface area contributed by atoms with Crippen molar-refractivity contribution in [2.24, 2.45) is 0 Å². The average Bonchev–Trinajstić information content (AvgIpc) is 4.10. The molecule has 4 heterocycles. The minimum absolute atomic E-state index is 0.131. The molecule has 0 fully saturated rings. The number of fused-ring (bicyclic) bond motifs is 12. The van der Waals surface area contributed by atoms with Gasteiger partial charge in [0.15, 0.2) is 0 Å². The minimum Gasteiger partial charge on any atom is -0.375 e. The van der Waals surface area contributed by atoms with Gasteiger partial charge in [0.1, 0.15) is 0 Å². The van der Waals surface area contributed by atoms with Gasteiger partial charge in [0.05, 0.1) is 11.0 Å². The van der Waals surface area contributed by atoms with E-state index >= 15 is 0 Å². The van der Waals surface area contributed by atoms with Crippen LogP contribution < -0.4 is 10.9 Å². The summed E-state index contributed by atoms with van der Waals surface area (Å²) >= 11 is 0. The molecule has 0 saturated carbocycles. The van der Waals surface area contributed by atoms with Gasteiger partial charge in [-0.2, -0.15) is 0 Å². The maximum absolute atomic E-state index is 2.77. The molecule has 15 rings (SSSR count). The third-order valence-electron chi connectivity index (χ3n) is 17.6. The summed E-state index contributed by atoms with van der Waals surface area (Å²) in [5.41, 5.74) is 34.8. The summed E-state index contributed by atoms with van der Waals surface area (Å²) in [5, 5.41) is 7.74. The van der Waals surface area contributed by atoms with Crippen LogP contribution in [0, 0.1) is 55.4 Å². The van der Waals surface area contributed by atoms with Gasteiger partial charge in [-0.25, -0.2) is 0 Å². The van der Waals surface area contributed by atoms with Crippen molar-refractivity contribution in [2.75, 3.05) is 0 Å². The van der Waals surface area contributed by atoms with E-state index < -0.39 is 0 Å². The molecule has 0 saturated heterocycles. The van der Waals surface area contributed by atoms with E-state index in [0.29, 0.717) is 0 Å². The Balaban J connectivity index is 1.19. The summed E-state index contributed by atoms with van der Waals surface area (Å²) in [6.07, 6.45) is 0. The zero-order chi connectivity index (χ0) is 50.7. The topological polar surface area (TPSA) is 9.86 Å². The smallest absolute Gasteiger partial charge is 0.333 e. The molecule has 356 valence electrons. The van der Waals surface area contributed by atoms with Crippen molar-refractivity contribution in [1.29, 1.82) is 0 Å². The Morgan fingerprint density at radius 3 is 1.55 bits per heavy atom. The van der Waals surface area contributed by atoms with Crippen molar-refractivity contribution < 1.29 is 0 Å². The van der Waals surface area contributed by atoms with Crippen molar-refractivity contribution in [3.63, 3.8) is 0 Å². The molecule has 2 aromatic heterocycles. The molecule has 3 heteroatoms. The second-order valence-corrected chi connectivity index (χ2v) is 21.9. The molecule has 0 aliphatic carbocycles. The van der Waals surface area contributed by atoms with E-state index in [1.165, 1.54) is 182 Å². The first-order valence-corrected chi connectivity index (χ1v) is 26.7. The minimum atomic E-state index is -0.131. The molecule has 75 heavy (non-hydrogen) atoms. The maximum atomic E-state index is 2.77. The van der Waals surface area contributed by atoms with Crippen molar-refractivity contribution >= 4 is 72.2 Å². The van der Waals surface area contributed by atoms with Gasteiger partial charge >= 0.3 is 6.85 Å². The van der Waals surface area contributed by atoms with Crippen LogP contribution in [0.25, 0.3) is 127 Å². The largest absolute Gasteiger partial charge is 0.375 e. The number of benzene rings is 11. The second-order valence-electron chi connectivity index (χ2n) is 21.9. The molecule has 0 atom stereocenters. The molecule has 2 nitrogen and oxygen atoms in total. The SMILES string of the molecule is Cc1ccccc1-c1ccc2c(c1)c1cc(-c3ccccc3C)cc3c1n2B1c2c(cc(-c4ccccc4C)c(C)c2-3)-n2c3cc(-c4c(C)cccc4C)c4ccccc4c3c3cc(-c4c(C)cccc4C)cc1c32. The number of nitrogens with zero attached hydrogens (tertiary/aromatic N) is 2. The normalized spacial score (nSPS) is 12.5. The lowest BCUT2D eigenvalue weighted by molar-refractivity contribution is 1.17. The summed E-state index contributed by atoms with van der Waals surface area (Å²) in [4.78, 5) is 0. The Hall–Kier alpha value is -8.66. The monoisotopic (exact) mass is 958 g/mol. The lowest BCUT2D eigenvalue weighted by Crippen LogP contribution is -2.55. The number of aryl methyl sites for hydroxylation is 7. The summed E-state index contributed by atoms with van der Waals surface area (Å²) < 4.78 is 5.48. The van der Waals surface area contributed by atoms with Gasteiger partial charge in [-0.05, 0) is 225 Å². The fraction of sp³-hybridized carbons (Fsp3) is 0.111. The lowest BCUT2D eigenvalue weighted by Gasteiger charge is -2.36. The van der Waals surface area contributed by atoms with E-state index in [1.54, 1.807) is 0 Å². The highest BCUT2D eigenvalue weighted by molar-refractivity contribution is 6.90. The Morgan fingerprint density at radius 2 is 0.880 bits per heavy atom. The van der Waals surface area contributed by atoms with Crippen LogP contribution in [-0.4, -0.2) is 15.9 Å². The van der Waals surface area contributed by atoms with E-state index in [1.807, 2.05) is 0 Å². The molecular formula is C72H55BN2. The second kappa shape index (κ2) is 15.9. The van der Waals surface area contributed by atoms with Crippen molar-refractivity contribution in [3.05, 3.63) is 233 Å². The van der Waals surface area contributed by atoms with Gasteiger partial charge in [0, 0.05) is 43.8 Å². The molecule has 0 amide bonds. The molecule has 2 aliphatic heterocycles. The quantitative estimate of drug-likeness (QED) is 0.152. The fourth-order valence-electron chi connectivity index (χ4n) is 14.3. The standard InChI is InChI=1S/C72H55BN2/c1-40-19-9-12-26-51(40)48-31-32-63-57(33-48)59-34-49(52-27-13-10-20-41(52)2)35-60-68-47(8)56(53-28-14-11-21-42(53)3)38-65-70(68)73(75(63)71(59)60)62-37-50(66-43(4)22-17-23-44(66)5)36-61-69-55-30-16-15-29-54(55)58(39-64(69)74(65)72(61)62)67-45(6)24-18-25-46(67)7/h9-39H,1-8H3. The first-order valence-electron chi connectivity index (χ1n) is 26.7. The summed E-state index contributed by atoms with van der Waals surface area (Å²) in [6.45, 7) is 18.2. The summed E-state index contributed by atoms with van der Waals surface area (Å²) in [6, 6.07) is 72.2.